The summed E-state index contributed by atoms with van der Waals surface area (Å²) in [6, 6.07) is 9.23. The number of fused-ring (bicyclic) bond motifs is 5. The summed E-state index contributed by atoms with van der Waals surface area (Å²) in [5.74, 6) is -0.930. The normalized spacial score (nSPS) is 11.6. The molecule has 1 aromatic carbocycles. The van der Waals surface area contributed by atoms with Crippen LogP contribution < -0.4 is 5.56 Å². The molecular formula is C14H7NO3S2. The highest BCUT2D eigenvalue weighted by atomic mass is 32.2. The summed E-state index contributed by atoms with van der Waals surface area (Å²) in [6.07, 6.45) is 0. The molecule has 0 radical (unpaired) electrons. The third kappa shape index (κ3) is 1.46. The number of aromatic nitrogens is 1. The molecule has 3 aromatic heterocycles. The van der Waals surface area contributed by atoms with Gasteiger partial charge in [-0.3, -0.25) is 4.79 Å². The van der Waals surface area contributed by atoms with Gasteiger partial charge in [-0.05, 0) is 12.1 Å². The van der Waals surface area contributed by atoms with Crippen LogP contribution in [0.3, 0.4) is 0 Å². The zero-order valence-corrected chi connectivity index (χ0v) is 11.6. The predicted molar refractivity (Wildman–Crippen MR) is 82.3 cm³/mol. The number of para-hydroxylation sites is 1. The molecule has 0 saturated carbocycles. The van der Waals surface area contributed by atoms with Crippen LogP contribution in [0.1, 0.15) is 9.67 Å². The number of aromatic amines is 1. The Morgan fingerprint density at radius 2 is 1.95 bits per heavy atom. The van der Waals surface area contributed by atoms with Crippen molar-refractivity contribution in [3.8, 4) is 0 Å². The fourth-order valence-corrected chi connectivity index (χ4v) is 4.76. The maximum Gasteiger partial charge on any atom is 0.345 e. The van der Waals surface area contributed by atoms with Gasteiger partial charge in [0.2, 0.25) is 0 Å². The Morgan fingerprint density at radius 3 is 2.75 bits per heavy atom. The van der Waals surface area contributed by atoms with E-state index in [0.29, 0.717) is 9.58 Å². The highest BCUT2D eigenvalue weighted by Crippen LogP contribution is 2.40. The zero-order valence-electron chi connectivity index (χ0n) is 9.97. The first kappa shape index (κ1) is 11.6. The minimum atomic E-state index is -0.930. The zero-order chi connectivity index (χ0) is 13.9. The Hall–Kier alpha value is -2.18. The van der Waals surface area contributed by atoms with Gasteiger partial charge in [-0.15, -0.1) is 22.7 Å². The molecule has 0 saturated heterocycles. The summed E-state index contributed by atoms with van der Waals surface area (Å²) < 4.78 is 1.53. The fraction of sp³-hybridized carbons (Fsp3) is 0. The van der Waals surface area contributed by atoms with Gasteiger partial charge in [-0.2, -0.15) is 0 Å². The molecule has 0 atom stereocenters. The molecule has 0 amide bonds. The van der Waals surface area contributed by atoms with Gasteiger partial charge in [0.1, 0.15) is 9.58 Å². The largest absolute Gasteiger partial charge is 0.477 e. The molecule has 98 valence electrons. The van der Waals surface area contributed by atoms with Gasteiger partial charge in [-0.1, -0.05) is 18.2 Å². The Morgan fingerprint density at radius 1 is 1.15 bits per heavy atom. The number of aromatic carboxylic acids is 1. The summed E-state index contributed by atoms with van der Waals surface area (Å²) in [4.78, 5) is 26.4. The lowest BCUT2D eigenvalue weighted by Crippen LogP contribution is -2.03. The lowest BCUT2D eigenvalue weighted by atomic mass is 10.1. The van der Waals surface area contributed by atoms with Crippen molar-refractivity contribution in [3.05, 3.63) is 45.6 Å². The second-order valence-electron chi connectivity index (χ2n) is 4.42. The van der Waals surface area contributed by atoms with Gasteiger partial charge in [0.05, 0.1) is 4.01 Å². The number of carboxylic acid groups (broad SMARTS) is 1. The second-order valence-corrected chi connectivity index (χ2v) is 6.75. The van der Waals surface area contributed by atoms with Crippen molar-refractivity contribution in [2.75, 3.05) is 0 Å². The Balaban J connectivity index is 2.30. The number of hydrogen-bond acceptors (Lipinski definition) is 4. The molecule has 6 heteroatoms. The number of benzene rings is 1. The van der Waals surface area contributed by atoms with E-state index in [0.717, 1.165) is 25.7 Å². The van der Waals surface area contributed by atoms with Gasteiger partial charge in [0.15, 0.2) is 0 Å². The van der Waals surface area contributed by atoms with E-state index in [4.69, 9.17) is 5.11 Å². The van der Waals surface area contributed by atoms with E-state index in [1.807, 2.05) is 24.3 Å². The van der Waals surface area contributed by atoms with Crippen molar-refractivity contribution >= 4 is 59.0 Å². The fourth-order valence-electron chi connectivity index (χ4n) is 2.41. The van der Waals surface area contributed by atoms with Crippen LogP contribution in [-0.4, -0.2) is 16.1 Å². The average Bonchev–Trinajstić information content (AvgIpc) is 2.96. The van der Waals surface area contributed by atoms with Gasteiger partial charge in [0, 0.05) is 21.7 Å². The van der Waals surface area contributed by atoms with Crippen LogP contribution in [0.4, 0.5) is 0 Å². The van der Waals surface area contributed by atoms with Crippen LogP contribution in [0.2, 0.25) is 0 Å². The summed E-state index contributed by atoms with van der Waals surface area (Å²) in [6.45, 7) is 0. The minimum absolute atomic E-state index is 0.121. The maximum absolute atomic E-state index is 12.1. The number of carboxylic acids is 1. The van der Waals surface area contributed by atoms with Crippen LogP contribution >= 0.6 is 22.7 Å². The molecule has 20 heavy (non-hydrogen) atoms. The second kappa shape index (κ2) is 3.91. The topological polar surface area (TPSA) is 70.2 Å². The van der Waals surface area contributed by atoms with Crippen molar-refractivity contribution in [3.63, 3.8) is 0 Å². The van der Waals surface area contributed by atoms with E-state index in [-0.39, 0.29) is 5.56 Å². The van der Waals surface area contributed by atoms with Gasteiger partial charge < -0.3 is 10.1 Å². The Kier molecular flexibility index (Phi) is 2.27. The smallest absolute Gasteiger partial charge is 0.345 e. The number of H-pyrrole nitrogens is 1. The monoisotopic (exact) mass is 301 g/mol. The van der Waals surface area contributed by atoms with Crippen LogP contribution in [-0.2, 0) is 0 Å². The maximum atomic E-state index is 12.1. The van der Waals surface area contributed by atoms with E-state index in [9.17, 15) is 9.59 Å². The molecule has 4 nitrogen and oxygen atoms in total. The average molecular weight is 301 g/mol. The molecule has 3 heterocycles. The molecule has 0 fully saturated rings. The van der Waals surface area contributed by atoms with Crippen LogP contribution in [0.25, 0.3) is 30.4 Å². The SMILES string of the molecule is O=C(O)c1cc2c(s1)sc1c(=O)[nH]c3ccccc3c12. The summed E-state index contributed by atoms with van der Waals surface area (Å²) in [7, 11) is 0. The molecule has 0 aliphatic heterocycles. The quantitative estimate of drug-likeness (QED) is 0.563. The van der Waals surface area contributed by atoms with Crippen molar-refractivity contribution in [1.82, 2.24) is 4.98 Å². The number of rotatable bonds is 1. The molecule has 0 aliphatic carbocycles. The van der Waals surface area contributed by atoms with Crippen molar-refractivity contribution in [2.45, 2.75) is 0 Å². The summed E-state index contributed by atoms with van der Waals surface area (Å²) in [5.41, 5.74) is 0.650. The molecule has 0 unspecified atom stereocenters. The van der Waals surface area contributed by atoms with Gasteiger partial charge in [0.25, 0.3) is 5.56 Å². The van der Waals surface area contributed by atoms with Crippen molar-refractivity contribution in [1.29, 1.82) is 0 Å². The third-order valence-electron chi connectivity index (χ3n) is 3.25. The Labute approximate surface area is 119 Å². The van der Waals surface area contributed by atoms with E-state index in [2.05, 4.69) is 4.98 Å². The highest BCUT2D eigenvalue weighted by Gasteiger charge is 2.17. The molecule has 2 N–H and O–H groups in total. The summed E-state index contributed by atoms with van der Waals surface area (Å²) in [5, 5.41) is 11.7. The minimum Gasteiger partial charge on any atom is -0.477 e. The van der Waals surface area contributed by atoms with Gasteiger partial charge in [-0.25, -0.2) is 4.79 Å². The number of thiophene rings is 2. The van der Waals surface area contributed by atoms with Gasteiger partial charge >= 0.3 is 5.97 Å². The molecule has 0 bridgehead atoms. The van der Waals surface area contributed by atoms with E-state index < -0.39 is 5.97 Å². The third-order valence-corrected chi connectivity index (χ3v) is 5.67. The Bertz CT molecular complexity index is 1050. The molecule has 4 aromatic rings. The van der Waals surface area contributed by atoms with Crippen LogP contribution in [0, 0.1) is 0 Å². The van der Waals surface area contributed by atoms with Crippen LogP contribution in [0.5, 0.6) is 0 Å². The first-order chi connectivity index (χ1) is 9.65. The van der Waals surface area contributed by atoms with Crippen molar-refractivity contribution < 1.29 is 9.90 Å². The predicted octanol–water partition coefficient (Wildman–Crippen LogP) is 3.66. The molecule has 0 aliphatic rings. The standard InChI is InChI=1S/C14H7NO3S2/c16-12-11-10(6-3-1-2-4-8(6)15-12)7-5-9(13(17)18)19-14(7)20-11/h1-5H,(H,15,16)(H,17,18). The molecule has 4 rings (SSSR count). The van der Waals surface area contributed by atoms with E-state index in [1.54, 1.807) is 6.07 Å². The molecule has 0 spiro atoms. The molecular weight excluding hydrogens is 294 g/mol. The highest BCUT2D eigenvalue weighted by molar-refractivity contribution is 7.42. The first-order valence-electron chi connectivity index (χ1n) is 5.85. The number of carbonyl (C=O) groups is 1. The number of nitrogens with one attached hydrogen (secondary N) is 1. The van der Waals surface area contributed by atoms with E-state index in [1.165, 1.54) is 22.7 Å². The lowest BCUT2D eigenvalue weighted by Gasteiger charge is -1.99. The van der Waals surface area contributed by atoms with E-state index >= 15 is 0 Å². The van der Waals surface area contributed by atoms with Crippen LogP contribution in [0.15, 0.2) is 35.1 Å². The number of pyridine rings is 1. The van der Waals surface area contributed by atoms with Crippen molar-refractivity contribution in [2.24, 2.45) is 0 Å². The lowest BCUT2D eigenvalue weighted by molar-refractivity contribution is 0.0702. The first-order valence-corrected chi connectivity index (χ1v) is 7.49. The number of hydrogen-bond donors (Lipinski definition) is 2. The summed E-state index contributed by atoms with van der Waals surface area (Å²) >= 11 is 2.57.